The molecular formula is C29H31BrClN5O5S. The SMILES string of the molecule is C=CCOc1ccc(-c2nsc(C)c2C(=O)NC(=N)N(Cc2ccc(NC(=O)CBr)c(Cl)c2)C(=O)OC(C)(C)C)cc1. The van der Waals surface area contributed by atoms with Crippen molar-refractivity contribution < 1.29 is 23.9 Å². The van der Waals surface area contributed by atoms with Crippen molar-refractivity contribution in [3.05, 3.63) is 76.1 Å². The van der Waals surface area contributed by atoms with E-state index in [2.05, 4.69) is 37.5 Å². The third-order valence-corrected chi connectivity index (χ3v) is 7.04. The Kier molecular flexibility index (Phi) is 11.3. The lowest BCUT2D eigenvalue weighted by molar-refractivity contribution is -0.113. The first-order valence-electron chi connectivity index (χ1n) is 12.7. The maximum absolute atomic E-state index is 13.5. The van der Waals surface area contributed by atoms with Gasteiger partial charge in [0.05, 0.1) is 33.8 Å². The number of rotatable bonds is 9. The van der Waals surface area contributed by atoms with Gasteiger partial charge in [0.15, 0.2) is 0 Å². The number of amides is 3. The predicted octanol–water partition coefficient (Wildman–Crippen LogP) is 6.77. The first-order chi connectivity index (χ1) is 19.8. The number of hydrogen-bond donors (Lipinski definition) is 3. The quantitative estimate of drug-likeness (QED) is 0.0992. The van der Waals surface area contributed by atoms with Gasteiger partial charge in [-0.25, -0.2) is 9.69 Å². The van der Waals surface area contributed by atoms with E-state index in [0.717, 1.165) is 16.4 Å². The zero-order chi connectivity index (χ0) is 31.0. The normalized spacial score (nSPS) is 10.9. The van der Waals surface area contributed by atoms with Gasteiger partial charge in [-0.1, -0.05) is 46.3 Å². The van der Waals surface area contributed by atoms with Crippen molar-refractivity contribution in [1.29, 1.82) is 5.41 Å². The van der Waals surface area contributed by atoms with Gasteiger partial charge < -0.3 is 14.8 Å². The van der Waals surface area contributed by atoms with Crippen molar-refractivity contribution in [3.63, 3.8) is 0 Å². The van der Waals surface area contributed by atoms with E-state index in [9.17, 15) is 14.4 Å². The van der Waals surface area contributed by atoms with Gasteiger partial charge in [-0.3, -0.25) is 20.3 Å². The number of alkyl halides is 1. The molecular weight excluding hydrogens is 646 g/mol. The minimum atomic E-state index is -0.857. The van der Waals surface area contributed by atoms with E-state index in [1.165, 1.54) is 0 Å². The van der Waals surface area contributed by atoms with Crippen LogP contribution in [0.2, 0.25) is 5.02 Å². The van der Waals surface area contributed by atoms with Crippen LogP contribution in [0.3, 0.4) is 0 Å². The van der Waals surface area contributed by atoms with Gasteiger partial charge in [0.1, 0.15) is 18.0 Å². The zero-order valence-electron chi connectivity index (χ0n) is 23.5. The Morgan fingerprint density at radius 1 is 1.19 bits per heavy atom. The summed E-state index contributed by atoms with van der Waals surface area (Å²) >= 11 is 10.6. The number of nitrogens with one attached hydrogen (secondary N) is 3. The molecule has 42 heavy (non-hydrogen) atoms. The fourth-order valence-electron chi connectivity index (χ4n) is 3.61. The standard InChI is InChI=1S/C29H31BrClN5O5S/c1-6-13-40-20-10-8-19(9-11-20)25-24(17(2)42-35-25)26(38)34-27(32)36(28(39)41-29(3,4)5)16-18-7-12-22(21(31)14-18)33-23(37)15-30/h6-12,14H,1,13,15-16H2,2-5H3,(H,33,37)(H2,32,34,38). The van der Waals surface area contributed by atoms with E-state index in [1.54, 1.807) is 76.2 Å². The van der Waals surface area contributed by atoms with Crippen LogP contribution < -0.4 is 15.4 Å². The highest BCUT2D eigenvalue weighted by atomic mass is 79.9. The lowest BCUT2D eigenvalue weighted by atomic mass is 10.1. The van der Waals surface area contributed by atoms with Crippen LogP contribution in [0.5, 0.6) is 5.75 Å². The molecule has 0 atom stereocenters. The molecule has 3 amide bonds. The molecule has 0 saturated carbocycles. The molecule has 0 aliphatic carbocycles. The van der Waals surface area contributed by atoms with Crippen molar-refractivity contribution in [1.82, 2.24) is 14.6 Å². The van der Waals surface area contributed by atoms with E-state index < -0.39 is 23.6 Å². The highest BCUT2D eigenvalue weighted by molar-refractivity contribution is 9.09. The highest BCUT2D eigenvalue weighted by Gasteiger charge is 2.29. The van der Waals surface area contributed by atoms with Crippen molar-refractivity contribution in [2.75, 3.05) is 17.3 Å². The Labute approximate surface area is 261 Å². The monoisotopic (exact) mass is 675 g/mol. The van der Waals surface area contributed by atoms with Crippen molar-refractivity contribution in [3.8, 4) is 17.0 Å². The number of carbonyl (C=O) groups excluding carboxylic acids is 3. The Morgan fingerprint density at radius 2 is 1.88 bits per heavy atom. The Hall–Kier alpha value is -3.74. The van der Waals surface area contributed by atoms with Crippen LogP contribution in [0.1, 0.15) is 41.6 Å². The summed E-state index contributed by atoms with van der Waals surface area (Å²) in [6.07, 6.45) is 0.807. The lowest BCUT2D eigenvalue weighted by Crippen LogP contribution is -2.48. The van der Waals surface area contributed by atoms with E-state index in [4.69, 9.17) is 26.5 Å². The molecule has 0 aliphatic heterocycles. The summed E-state index contributed by atoms with van der Waals surface area (Å²) in [5.41, 5.74) is 1.48. The van der Waals surface area contributed by atoms with Crippen LogP contribution in [-0.4, -0.2) is 50.7 Å². The second kappa shape index (κ2) is 14.4. The summed E-state index contributed by atoms with van der Waals surface area (Å²) in [5.74, 6) is -0.733. The first-order valence-corrected chi connectivity index (χ1v) is 14.9. The Morgan fingerprint density at radius 3 is 2.48 bits per heavy atom. The maximum atomic E-state index is 13.5. The number of aromatic nitrogens is 1. The number of ether oxygens (including phenoxy) is 2. The molecule has 1 heterocycles. The number of anilines is 1. The second-order valence-corrected chi connectivity index (χ2v) is 11.9. The van der Waals surface area contributed by atoms with Crippen LogP contribution in [0.15, 0.2) is 55.1 Å². The molecule has 0 radical (unpaired) electrons. The van der Waals surface area contributed by atoms with Gasteiger partial charge in [-0.05, 0) is 81.2 Å². The first kappa shape index (κ1) is 32.8. The third kappa shape index (κ3) is 8.88. The van der Waals surface area contributed by atoms with Crippen LogP contribution in [0.4, 0.5) is 10.5 Å². The van der Waals surface area contributed by atoms with Gasteiger partial charge in [0.2, 0.25) is 11.9 Å². The van der Waals surface area contributed by atoms with Crippen LogP contribution in [0.25, 0.3) is 11.3 Å². The van der Waals surface area contributed by atoms with Gasteiger partial charge >= 0.3 is 6.09 Å². The maximum Gasteiger partial charge on any atom is 0.417 e. The number of aryl methyl sites for hydroxylation is 1. The molecule has 13 heteroatoms. The summed E-state index contributed by atoms with van der Waals surface area (Å²) in [6.45, 7) is 10.7. The number of guanidine groups is 1. The molecule has 2 aromatic carbocycles. The minimum absolute atomic E-state index is 0.102. The average molecular weight is 677 g/mol. The van der Waals surface area contributed by atoms with E-state index >= 15 is 0 Å². The molecule has 222 valence electrons. The molecule has 10 nitrogen and oxygen atoms in total. The van der Waals surface area contributed by atoms with Crippen molar-refractivity contribution in [2.24, 2.45) is 0 Å². The third-order valence-electron chi connectivity index (χ3n) is 5.47. The predicted molar refractivity (Wildman–Crippen MR) is 169 cm³/mol. The Bertz CT molecular complexity index is 1490. The van der Waals surface area contributed by atoms with Gasteiger partial charge in [-0.2, -0.15) is 4.37 Å². The topological polar surface area (TPSA) is 134 Å². The van der Waals surface area contributed by atoms with Crippen LogP contribution in [-0.2, 0) is 16.1 Å². The highest BCUT2D eigenvalue weighted by Crippen LogP contribution is 2.30. The molecule has 0 bridgehead atoms. The van der Waals surface area contributed by atoms with Crippen LogP contribution in [0, 0.1) is 12.3 Å². The number of nitrogens with zero attached hydrogens (tertiary/aromatic N) is 2. The summed E-state index contributed by atoms with van der Waals surface area (Å²) in [6, 6.07) is 11.9. The van der Waals surface area contributed by atoms with Gasteiger partial charge in [0, 0.05) is 10.4 Å². The summed E-state index contributed by atoms with van der Waals surface area (Å²) in [4.78, 5) is 40.0. The fourth-order valence-corrected chi connectivity index (χ4v) is 4.71. The number of halogens is 2. The van der Waals surface area contributed by atoms with E-state index in [0.29, 0.717) is 39.7 Å². The Balaban J connectivity index is 1.85. The molecule has 1 aromatic heterocycles. The van der Waals surface area contributed by atoms with Crippen molar-refractivity contribution >= 4 is 68.6 Å². The molecule has 3 N–H and O–H groups in total. The average Bonchev–Trinajstić information content (AvgIpc) is 3.32. The molecule has 0 aliphatic rings. The fraction of sp³-hybridized carbons (Fsp3) is 0.276. The summed E-state index contributed by atoms with van der Waals surface area (Å²) in [5, 5.41) is 14.2. The number of hydrogen-bond acceptors (Lipinski definition) is 8. The molecule has 3 rings (SSSR count). The second-order valence-electron chi connectivity index (χ2n) is 9.95. The van der Waals surface area contributed by atoms with Gasteiger partial charge in [0.25, 0.3) is 5.91 Å². The summed E-state index contributed by atoms with van der Waals surface area (Å²) < 4.78 is 15.5. The van der Waals surface area contributed by atoms with Crippen LogP contribution >= 0.6 is 39.1 Å². The van der Waals surface area contributed by atoms with E-state index in [-0.39, 0.29) is 28.4 Å². The summed E-state index contributed by atoms with van der Waals surface area (Å²) in [7, 11) is 0. The van der Waals surface area contributed by atoms with Crippen molar-refractivity contribution in [2.45, 2.75) is 39.8 Å². The van der Waals surface area contributed by atoms with Gasteiger partial charge in [-0.15, -0.1) is 0 Å². The number of carbonyl (C=O) groups is 3. The molecule has 0 saturated heterocycles. The lowest BCUT2D eigenvalue weighted by Gasteiger charge is -2.27. The largest absolute Gasteiger partial charge is 0.490 e. The molecule has 0 unspecified atom stereocenters. The smallest absolute Gasteiger partial charge is 0.417 e. The van der Waals surface area contributed by atoms with E-state index in [1.807, 2.05) is 0 Å². The molecule has 3 aromatic rings. The molecule has 0 fully saturated rings. The number of benzene rings is 2. The zero-order valence-corrected chi connectivity index (χ0v) is 26.7. The minimum Gasteiger partial charge on any atom is -0.490 e. The molecule has 0 spiro atoms.